The van der Waals surface area contributed by atoms with Crippen molar-refractivity contribution < 1.29 is 35.6 Å². The molecule has 0 saturated heterocycles. The minimum Gasteiger partial charge on any atom is -0.143 e. The summed E-state index contributed by atoms with van der Waals surface area (Å²) >= 11 is 0. The second-order valence-corrected chi connectivity index (χ2v) is 7.25. The smallest absolute Gasteiger partial charge is 0 e. The summed E-state index contributed by atoms with van der Waals surface area (Å²) < 4.78 is 0. The van der Waals surface area contributed by atoms with Gasteiger partial charge in [-0.3, -0.25) is 0 Å². The monoisotopic (exact) mass is 490 g/mol. The van der Waals surface area contributed by atoms with Gasteiger partial charge >= 0.3 is 0 Å². The Labute approximate surface area is 197 Å². The number of aryl methyl sites for hydroxylation is 3. The predicted molar refractivity (Wildman–Crippen MR) is 118 cm³/mol. The van der Waals surface area contributed by atoms with Crippen LogP contribution in [0.3, 0.4) is 0 Å². The normalized spacial score (nSPS) is 18.2. The quantitative estimate of drug-likeness (QED) is 0.371. The maximum absolute atomic E-state index is 3.58. The minimum atomic E-state index is 0. The van der Waals surface area contributed by atoms with Gasteiger partial charge in [-0.2, -0.15) is 0 Å². The van der Waals surface area contributed by atoms with Gasteiger partial charge in [-0.1, -0.05) is 102 Å². The molecule has 147 valence electrons. The van der Waals surface area contributed by atoms with Crippen molar-refractivity contribution in [2.75, 3.05) is 0 Å². The molecule has 2 aromatic carbocycles. The Morgan fingerprint density at radius 3 is 1.89 bits per heavy atom. The Balaban J connectivity index is 0.00000127. The van der Waals surface area contributed by atoms with E-state index in [1.165, 1.54) is 59.1 Å². The molecule has 1 fully saturated rings. The fourth-order valence-corrected chi connectivity index (χ4v) is 3.67. The van der Waals surface area contributed by atoms with Crippen LogP contribution in [0.25, 0.3) is 11.1 Å². The molecule has 0 atom stereocenters. The molecular weight excluding hydrogens is 451 g/mol. The summed E-state index contributed by atoms with van der Waals surface area (Å²) in [6.45, 7) is 17.0. The topological polar surface area (TPSA) is 0 Å². The van der Waals surface area contributed by atoms with Crippen molar-refractivity contribution in [1.29, 1.82) is 0 Å². The molecule has 1 aliphatic carbocycles. The Kier molecular flexibility index (Phi) is 13.6. The first-order valence-corrected chi connectivity index (χ1v) is 10.6. The van der Waals surface area contributed by atoms with E-state index in [0.29, 0.717) is 0 Å². The third-order valence-electron chi connectivity index (χ3n) is 5.44. The molecule has 1 radical (unpaired) electrons. The molecule has 0 spiro atoms. The molecule has 0 aromatic heterocycles. The molecule has 1 saturated carbocycles. The average Bonchev–Trinajstić information content (AvgIpc) is 2.68. The van der Waals surface area contributed by atoms with Crippen molar-refractivity contribution in [3.05, 3.63) is 58.7 Å². The first kappa shape index (κ1) is 26.6. The van der Waals surface area contributed by atoms with Crippen molar-refractivity contribution in [2.24, 2.45) is 5.92 Å². The number of benzene rings is 2. The predicted octanol–water partition coefficient (Wildman–Crippen LogP) is 8.43. The Morgan fingerprint density at radius 1 is 0.778 bits per heavy atom. The van der Waals surface area contributed by atoms with E-state index >= 15 is 0 Å². The molecule has 0 heterocycles. The van der Waals surface area contributed by atoms with E-state index in [2.05, 4.69) is 64.1 Å². The van der Waals surface area contributed by atoms with Gasteiger partial charge in [0, 0.05) is 35.6 Å². The average molecular weight is 491 g/mol. The molecular formula is C26H39La-. The molecule has 0 bridgehead atoms. The van der Waals surface area contributed by atoms with Crippen LogP contribution in [0.5, 0.6) is 0 Å². The van der Waals surface area contributed by atoms with Gasteiger partial charge in [0.25, 0.3) is 0 Å². The van der Waals surface area contributed by atoms with Gasteiger partial charge < -0.3 is 0 Å². The fraction of sp³-hybridized carbons (Fsp3) is 0.538. The summed E-state index contributed by atoms with van der Waals surface area (Å²) in [6, 6.07) is 15.0. The van der Waals surface area contributed by atoms with E-state index in [-0.39, 0.29) is 35.6 Å². The maximum atomic E-state index is 3.58. The molecule has 27 heavy (non-hydrogen) atoms. The second-order valence-electron chi connectivity index (χ2n) is 7.25. The van der Waals surface area contributed by atoms with Crippen molar-refractivity contribution in [3.8, 4) is 11.1 Å². The third kappa shape index (κ3) is 7.52. The van der Waals surface area contributed by atoms with Crippen LogP contribution in [-0.4, -0.2) is 0 Å². The van der Waals surface area contributed by atoms with Gasteiger partial charge in [-0.15, -0.1) is 34.9 Å². The second kappa shape index (κ2) is 13.8. The molecule has 2 aromatic rings. The molecule has 3 rings (SSSR count). The summed E-state index contributed by atoms with van der Waals surface area (Å²) in [4.78, 5) is 0. The van der Waals surface area contributed by atoms with Crippen LogP contribution in [0.15, 0.2) is 30.3 Å². The summed E-state index contributed by atoms with van der Waals surface area (Å²) in [5.74, 6) is 1.66. The number of hydrogen-bond donors (Lipinski definition) is 0. The van der Waals surface area contributed by atoms with Crippen LogP contribution in [0.4, 0.5) is 0 Å². The molecule has 0 amide bonds. The van der Waals surface area contributed by atoms with Crippen LogP contribution in [0.1, 0.15) is 88.5 Å². The summed E-state index contributed by atoms with van der Waals surface area (Å²) in [6.07, 6.45) is 5.44. The van der Waals surface area contributed by atoms with Gasteiger partial charge in [0.05, 0.1) is 0 Å². The van der Waals surface area contributed by atoms with Crippen LogP contribution < -0.4 is 0 Å². The maximum Gasteiger partial charge on any atom is 0 e. The van der Waals surface area contributed by atoms with Crippen molar-refractivity contribution >= 4 is 0 Å². The molecule has 0 N–H and O–H groups in total. The van der Waals surface area contributed by atoms with Crippen LogP contribution in [-0.2, 0) is 0 Å². The van der Waals surface area contributed by atoms with E-state index in [9.17, 15) is 0 Å². The Hall–Kier alpha value is -0.365. The molecule has 0 nitrogen and oxygen atoms in total. The van der Waals surface area contributed by atoms with E-state index in [0.717, 1.165) is 11.8 Å². The molecule has 1 aliphatic rings. The van der Waals surface area contributed by atoms with E-state index in [1.807, 2.05) is 27.7 Å². The minimum absolute atomic E-state index is 0. The number of rotatable bonds is 2. The van der Waals surface area contributed by atoms with Crippen LogP contribution in [0, 0.1) is 68.4 Å². The molecule has 0 unspecified atom stereocenters. The summed E-state index contributed by atoms with van der Waals surface area (Å²) in [7, 11) is 0. The third-order valence-corrected chi connectivity index (χ3v) is 5.44. The van der Waals surface area contributed by atoms with Crippen molar-refractivity contribution in [3.63, 3.8) is 0 Å². The standard InChI is InChI=1S/C22H27.2C2H6.La/c1-15-5-8-19(9-6-15)20-11-12-22(18(4)14-20)21-10-7-16(2)17(3)13-21;2*1-2;/h7,10-11,13-15,19H,5-6,8-9H2,1-4H3;2*1-2H3;/q-1;;;. The van der Waals surface area contributed by atoms with Gasteiger partial charge in [0.15, 0.2) is 0 Å². The Morgan fingerprint density at radius 2 is 1.37 bits per heavy atom. The van der Waals surface area contributed by atoms with E-state index in [4.69, 9.17) is 0 Å². The van der Waals surface area contributed by atoms with Gasteiger partial charge in [-0.05, 0) is 25.3 Å². The zero-order valence-electron chi connectivity index (χ0n) is 18.9. The molecule has 1 heteroatoms. The summed E-state index contributed by atoms with van der Waals surface area (Å²) in [5, 5.41) is 0. The van der Waals surface area contributed by atoms with Gasteiger partial charge in [-0.25, -0.2) is 0 Å². The van der Waals surface area contributed by atoms with E-state index < -0.39 is 0 Å². The SMILES string of the molecule is CC.CC.Cc1cc(C2CCC(C)CC2)c[c-]c1-c1ccc(C)c(C)c1.[La]. The van der Waals surface area contributed by atoms with E-state index in [1.54, 1.807) is 0 Å². The van der Waals surface area contributed by atoms with Crippen molar-refractivity contribution in [1.82, 2.24) is 0 Å². The van der Waals surface area contributed by atoms with Crippen LogP contribution >= 0.6 is 0 Å². The van der Waals surface area contributed by atoms with Gasteiger partial charge in [0.2, 0.25) is 0 Å². The first-order valence-electron chi connectivity index (χ1n) is 10.6. The zero-order chi connectivity index (χ0) is 19.7. The Bertz CT molecular complexity index is 664. The first-order chi connectivity index (χ1) is 12.5. The molecule has 0 aliphatic heterocycles. The van der Waals surface area contributed by atoms with Gasteiger partial charge in [0.1, 0.15) is 0 Å². The van der Waals surface area contributed by atoms with Crippen LogP contribution in [0.2, 0.25) is 0 Å². The zero-order valence-corrected chi connectivity index (χ0v) is 22.6. The fourth-order valence-electron chi connectivity index (χ4n) is 3.67. The van der Waals surface area contributed by atoms with Crippen molar-refractivity contribution in [2.45, 2.75) is 87.0 Å². The largest absolute Gasteiger partial charge is 0.143 e. The summed E-state index contributed by atoms with van der Waals surface area (Å²) in [5.41, 5.74) is 8.13. The number of hydrogen-bond acceptors (Lipinski definition) is 0.